The minimum Gasteiger partial charge on any atom is -0.342 e. The molecule has 2 heterocycles. The van der Waals surface area contributed by atoms with Gasteiger partial charge in [0.25, 0.3) is 0 Å². The van der Waals surface area contributed by atoms with Crippen LogP contribution in [0.4, 0.5) is 0 Å². The Morgan fingerprint density at radius 1 is 1.31 bits per heavy atom. The second-order valence-electron chi connectivity index (χ2n) is 5.64. The molecule has 1 saturated carbocycles. The highest BCUT2D eigenvalue weighted by molar-refractivity contribution is 5.85. The molecule has 3 fully saturated rings. The minimum atomic E-state index is 0. The minimum absolute atomic E-state index is 0. The molecule has 1 N–H and O–H groups in total. The molecule has 0 unspecified atom stereocenters. The lowest BCUT2D eigenvalue weighted by Crippen LogP contribution is -2.39. The molecular formula is C12H21ClN2O. The molecule has 0 atom stereocenters. The number of piperidine rings is 1. The summed E-state index contributed by atoms with van der Waals surface area (Å²) in [5, 5.41) is 3.39. The Balaban J connectivity index is 0.000000963. The van der Waals surface area contributed by atoms with E-state index in [-0.39, 0.29) is 12.4 Å². The van der Waals surface area contributed by atoms with Crippen molar-refractivity contribution in [1.82, 2.24) is 10.2 Å². The highest BCUT2D eigenvalue weighted by Gasteiger charge is 2.44. The molecule has 92 valence electrons. The molecule has 3 rings (SSSR count). The molecule has 2 saturated heterocycles. The number of carbonyl (C=O) groups is 1. The van der Waals surface area contributed by atoms with E-state index < -0.39 is 0 Å². The van der Waals surface area contributed by atoms with Gasteiger partial charge in [-0.05, 0) is 50.1 Å². The number of rotatable bonds is 2. The van der Waals surface area contributed by atoms with E-state index in [0.717, 1.165) is 38.5 Å². The molecule has 2 aliphatic heterocycles. The molecule has 0 aromatic rings. The van der Waals surface area contributed by atoms with Crippen LogP contribution in [0.5, 0.6) is 0 Å². The van der Waals surface area contributed by atoms with E-state index in [9.17, 15) is 4.79 Å². The van der Waals surface area contributed by atoms with Gasteiger partial charge in [0.1, 0.15) is 0 Å². The van der Waals surface area contributed by atoms with E-state index in [1.165, 1.54) is 25.7 Å². The summed E-state index contributed by atoms with van der Waals surface area (Å²) in [6.07, 6.45) is 5.90. The van der Waals surface area contributed by atoms with E-state index in [0.29, 0.717) is 11.3 Å². The van der Waals surface area contributed by atoms with Gasteiger partial charge in [-0.1, -0.05) is 0 Å². The monoisotopic (exact) mass is 244 g/mol. The van der Waals surface area contributed by atoms with Gasteiger partial charge in [-0.25, -0.2) is 0 Å². The normalized spacial score (nSPS) is 28.2. The Bertz CT molecular complexity index is 272. The highest BCUT2D eigenvalue weighted by atomic mass is 35.5. The number of hydrogen-bond donors (Lipinski definition) is 1. The Morgan fingerprint density at radius 3 is 2.62 bits per heavy atom. The average Bonchev–Trinajstić information content (AvgIpc) is 2.97. The number of nitrogens with zero attached hydrogens (tertiary/aromatic N) is 1. The number of carbonyl (C=O) groups excluding carboxylic acids is 1. The van der Waals surface area contributed by atoms with Gasteiger partial charge >= 0.3 is 0 Å². The maximum absolute atomic E-state index is 11.9. The summed E-state index contributed by atoms with van der Waals surface area (Å²) < 4.78 is 0. The van der Waals surface area contributed by atoms with Crippen LogP contribution in [0.3, 0.4) is 0 Å². The summed E-state index contributed by atoms with van der Waals surface area (Å²) in [5.74, 6) is 1.26. The summed E-state index contributed by atoms with van der Waals surface area (Å²) in [4.78, 5) is 14.1. The van der Waals surface area contributed by atoms with E-state index in [1.807, 2.05) is 0 Å². The lowest BCUT2D eigenvalue weighted by Gasteiger charge is -2.33. The Kier molecular flexibility index (Phi) is 3.45. The fourth-order valence-corrected chi connectivity index (χ4v) is 3.05. The quantitative estimate of drug-likeness (QED) is 0.797. The number of nitrogens with one attached hydrogen (secondary N) is 1. The molecular weight excluding hydrogens is 224 g/mol. The van der Waals surface area contributed by atoms with Crippen LogP contribution >= 0.6 is 12.4 Å². The first-order chi connectivity index (χ1) is 7.27. The predicted molar refractivity (Wildman–Crippen MR) is 65.7 cm³/mol. The maximum atomic E-state index is 11.9. The summed E-state index contributed by atoms with van der Waals surface area (Å²) >= 11 is 0. The third kappa shape index (κ3) is 2.35. The van der Waals surface area contributed by atoms with Gasteiger partial charge in [0.15, 0.2) is 0 Å². The van der Waals surface area contributed by atoms with Crippen LogP contribution in [-0.4, -0.2) is 37.0 Å². The van der Waals surface area contributed by atoms with Gasteiger partial charge in [0.05, 0.1) is 0 Å². The van der Waals surface area contributed by atoms with Crippen molar-refractivity contribution in [2.24, 2.45) is 11.3 Å². The maximum Gasteiger partial charge on any atom is 0.223 e. The van der Waals surface area contributed by atoms with Crippen LogP contribution in [0.25, 0.3) is 0 Å². The van der Waals surface area contributed by atoms with Gasteiger partial charge < -0.3 is 10.2 Å². The topological polar surface area (TPSA) is 32.3 Å². The van der Waals surface area contributed by atoms with Gasteiger partial charge in [0.2, 0.25) is 5.91 Å². The van der Waals surface area contributed by atoms with Crippen molar-refractivity contribution in [1.29, 1.82) is 0 Å². The molecule has 1 aliphatic carbocycles. The largest absolute Gasteiger partial charge is 0.342 e. The van der Waals surface area contributed by atoms with E-state index in [2.05, 4.69) is 10.2 Å². The third-order valence-electron chi connectivity index (χ3n) is 4.24. The Hall–Kier alpha value is -0.280. The summed E-state index contributed by atoms with van der Waals surface area (Å²) in [7, 11) is 0. The second-order valence-corrected chi connectivity index (χ2v) is 5.64. The van der Waals surface area contributed by atoms with Crippen molar-refractivity contribution in [2.75, 3.05) is 26.2 Å². The number of hydrogen-bond acceptors (Lipinski definition) is 2. The van der Waals surface area contributed by atoms with Gasteiger partial charge in [-0.15, -0.1) is 12.4 Å². The zero-order valence-corrected chi connectivity index (χ0v) is 10.5. The summed E-state index contributed by atoms with van der Waals surface area (Å²) in [6.45, 7) is 4.30. The number of likely N-dealkylation sites (tertiary alicyclic amines) is 1. The fourth-order valence-electron chi connectivity index (χ4n) is 3.05. The smallest absolute Gasteiger partial charge is 0.223 e. The molecule has 0 aromatic carbocycles. The van der Waals surface area contributed by atoms with Crippen LogP contribution in [0, 0.1) is 11.3 Å². The second kappa shape index (κ2) is 4.53. The molecule has 1 amide bonds. The standard InChI is InChI=1S/C12H20N2O.ClH/c15-11-7-12(3-5-13-6-4-12)9-14(11)8-10-1-2-10;/h10,13H,1-9H2;1H. The van der Waals surface area contributed by atoms with Crippen LogP contribution in [0.2, 0.25) is 0 Å². The van der Waals surface area contributed by atoms with Gasteiger partial charge in [-0.3, -0.25) is 4.79 Å². The first-order valence-corrected chi connectivity index (χ1v) is 6.26. The van der Waals surface area contributed by atoms with Crippen molar-refractivity contribution >= 4 is 18.3 Å². The predicted octanol–water partition coefficient (Wildman–Crippen LogP) is 1.42. The molecule has 1 spiro atoms. The SMILES string of the molecule is Cl.O=C1CC2(CCNCC2)CN1CC1CC1. The van der Waals surface area contributed by atoms with E-state index in [4.69, 9.17) is 0 Å². The van der Waals surface area contributed by atoms with Crippen LogP contribution in [0.15, 0.2) is 0 Å². The van der Waals surface area contributed by atoms with Gasteiger partial charge in [0, 0.05) is 19.5 Å². The molecule has 0 aromatic heterocycles. The number of halogens is 1. The summed E-state index contributed by atoms with van der Waals surface area (Å²) in [6, 6.07) is 0. The molecule has 0 radical (unpaired) electrons. The van der Waals surface area contributed by atoms with Crippen molar-refractivity contribution in [3.8, 4) is 0 Å². The van der Waals surface area contributed by atoms with Crippen molar-refractivity contribution in [2.45, 2.75) is 32.1 Å². The first kappa shape index (κ1) is 12.2. The Morgan fingerprint density at radius 2 is 2.00 bits per heavy atom. The van der Waals surface area contributed by atoms with Crippen molar-refractivity contribution in [3.63, 3.8) is 0 Å². The highest BCUT2D eigenvalue weighted by Crippen LogP contribution is 2.41. The number of amides is 1. The van der Waals surface area contributed by atoms with Crippen LogP contribution in [-0.2, 0) is 4.79 Å². The molecule has 16 heavy (non-hydrogen) atoms. The van der Waals surface area contributed by atoms with Crippen LogP contribution in [0.1, 0.15) is 32.1 Å². The lowest BCUT2D eigenvalue weighted by atomic mass is 9.78. The summed E-state index contributed by atoms with van der Waals surface area (Å²) in [5.41, 5.74) is 0.344. The van der Waals surface area contributed by atoms with Crippen molar-refractivity contribution < 1.29 is 4.79 Å². The zero-order chi connectivity index (χ0) is 10.3. The van der Waals surface area contributed by atoms with E-state index in [1.54, 1.807) is 0 Å². The van der Waals surface area contributed by atoms with Gasteiger partial charge in [-0.2, -0.15) is 0 Å². The molecule has 3 aliphatic rings. The fraction of sp³-hybridized carbons (Fsp3) is 0.917. The first-order valence-electron chi connectivity index (χ1n) is 6.26. The molecule has 0 bridgehead atoms. The van der Waals surface area contributed by atoms with Crippen molar-refractivity contribution in [3.05, 3.63) is 0 Å². The Labute approximate surface area is 103 Å². The third-order valence-corrected chi connectivity index (χ3v) is 4.24. The van der Waals surface area contributed by atoms with Crippen LogP contribution < -0.4 is 5.32 Å². The molecule has 4 heteroatoms. The van der Waals surface area contributed by atoms with E-state index >= 15 is 0 Å². The lowest BCUT2D eigenvalue weighted by molar-refractivity contribution is -0.128. The molecule has 3 nitrogen and oxygen atoms in total. The zero-order valence-electron chi connectivity index (χ0n) is 9.71. The average molecular weight is 245 g/mol.